The van der Waals surface area contributed by atoms with Gasteiger partial charge in [0.2, 0.25) is 0 Å². The average molecular weight is 222 g/mol. The van der Waals surface area contributed by atoms with Gasteiger partial charge in [0.15, 0.2) is 0 Å². The van der Waals surface area contributed by atoms with Crippen molar-refractivity contribution >= 4 is 0 Å². The summed E-state index contributed by atoms with van der Waals surface area (Å²) in [4.78, 5) is 2.53. The van der Waals surface area contributed by atoms with Crippen LogP contribution in [0.25, 0.3) is 0 Å². The summed E-state index contributed by atoms with van der Waals surface area (Å²) in [5.41, 5.74) is 0. The summed E-state index contributed by atoms with van der Waals surface area (Å²) >= 11 is 0. The second-order valence-electron chi connectivity index (χ2n) is 4.53. The highest BCUT2D eigenvalue weighted by Gasteiger charge is 2.28. The molecule has 1 heterocycles. The highest BCUT2D eigenvalue weighted by Crippen LogP contribution is 2.27. The van der Waals surface area contributed by atoms with Crippen LogP contribution in [0.15, 0.2) is 22.8 Å². The van der Waals surface area contributed by atoms with Gasteiger partial charge >= 0.3 is 0 Å². The molecule has 16 heavy (non-hydrogen) atoms. The van der Waals surface area contributed by atoms with Gasteiger partial charge in [-0.2, -0.15) is 0 Å². The number of furan rings is 1. The van der Waals surface area contributed by atoms with Gasteiger partial charge < -0.3 is 9.73 Å². The molecule has 2 rings (SSSR count). The fourth-order valence-electron chi connectivity index (χ4n) is 1.96. The molecule has 0 radical (unpaired) electrons. The van der Waals surface area contributed by atoms with Gasteiger partial charge in [0.05, 0.1) is 12.8 Å². The summed E-state index contributed by atoms with van der Waals surface area (Å²) in [5, 5.41) is 3.46. The van der Waals surface area contributed by atoms with E-state index in [2.05, 4.69) is 23.2 Å². The van der Waals surface area contributed by atoms with Crippen molar-refractivity contribution in [2.24, 2.45) is 0 Å². The van der Waals surface area contributed by atoms with Crippen LogP contribution in [0.5, 0.6) is 0 Å². The Balaban J connectivity index is 1.72. The predicted molar refractivity (Wildman–Crippen MR) is 65.3 cm³/mol. The molecule has 0 aromatic carbocycles. The van der Waals surface area contributed by atoms with E-state index in [0.29, 0.717) is 0 Å². The van der Waals surface area contributed by atoms with Crippen molar-refractivity contribution in [3.63, 3.8) is 0 Å². The van der Waals surface area contributed by atoms with Gasteiger partial charge in [-0.1, -0.05) is 6.92 Å². The van der Waals surface area contributed by atoms with Crippen LogP contribution in [0, 0.1) is 0 Å². The third kappa shape index (κ3) is 3.65. The smallest absolute Gasteiger partial charge is 0.117 e. The molecule has 0 atom stereocenters. The molecule has 1 aliphatic carbocycles. The van der Waals surface area contributed by atoms with Gasteiger partial charge in [0.25, 0.3) is 0 Å². The Bertz CT molecular complexity index is 280. The molecule has 1 aromatic heterocycles. The van der Waals surface area contributed by atoms with Gasteiger partial charge in [-0.25, -0.2) is 0 Å². The number of hydrogen-bond acceptors (Lipinski definition) is 3. The maximum atomic E-state index is 5.41. The van der Waals surface area contributed by atoms with Crippen LogP contribution in [0.1, 0.15) is 31.9 Å². The molecule has 1 aromatic rings. The van der Waals surface area contributed by atoms with Crippen LogP contribution < -0.4 is 5.32 Å². The van der Waals surface area contributed by atoms with Crippen molar-refractivity contribution in [2.75, 3.05) is 19.6 Å². The molecular weight excluding hydrogens is 200 g/mol. The number of rotatable bonds is 8. The van der Waals surface area contributed by atoms with Crippen molar-refractivity contribution in [2.45, 2.75) is 38.8 Å². The molecule has 1 N–H and O–H groups in total. The Kier molecular flexibility index (Phi) is 4.43. The number of nitrogens with zero attached hydrogens (tertiary/aromatic N) is 1. The zero-order valence-corrected chi connectivity index (χ0v) is 10.1. The Hall–Kier alpha value is -0.800. The molecule has 0 bridgehead atoms. The van der Waals surface area contributed by atoms with Gasteiger partial charge in [0.1, 0.15) is 5.76 Å². The summed E-state index contributed by atoms with van der Waals surface area (Å²) in [6.45, 7) is 6.51. The molecule has 1 fully saturated rings. The van der Waals surface area contributed by atoms with E-state index < -0.39 is 0 Å². The second kappa shape index (κ2) is 6.06. The fourth-order valence-corrected chi connectivity index (χ4v) is 1.96. The Labute approximate surface area is 97.8 Å². The minimum atomic E-state index is 0.800. The minimum Gasteiger partial charge on any atom is -0.468 e. The standard InChI is InChI=1S/C13H22N2O/c1-2-7-14-8-9-15(12-5-6-12)11-13-4-3-10-16-13/h3-4,10,12,14H,2,5-9,11H2,1H3. The monoisotopic (exact) mass is 222 g/mol. The molecule has 0 unspecified atom stereocenters. The summed E-state index contributed by atoms with van der Waals surface area (Å²) in [5.74, 6) is 1.09. The first kappa shape index (κ1) is 11.7. The minimum absolute atomic E-state index is 0.800. The Morgan fingerprint density at radius 3 is 2.94 bits per heavy atom. The molecule has 3 heteroatoms. The fraction of sp³-hybridized carbons (Fsp3) is 0.692. The first-order chi connectivity index (χ1) is 7.90. The summed E-state index contributed by atoms with van der Waals surface area (Å²) in [6, 6.07) is 4.83. The molecule has 0 aliphatic heterocycles. The molecule has 1 saturated carbocycles. The largest absolute Gasteiger partial charge is 0.468 e. The molecule has 0 spiro atoms. The normalized spacial score (nSPS) is 15.9. The predicted octanol–water partition coefficient (Wildman–Crippen LogP) is 2.24. The maximum Gasteiger partial charge on any atom is 0.117 e. The number of nitrogens with one attached hydrogen (secondary N) is 1. The van der Waals surface area contributed by atoms with Gasteiger partial charge in [-0.15, -0.1) is 0 Å². The van der Waals surface area contributed by atoms with Crippen molar-refractivity contribution in [3.05, 3.63) is 24.2 Å². The van der Waals surface area contributed by atoms with Crippen LogP contribution >= 0.6 is 0 Å². The third-order valence-electron chi connectivity index (χ3n) is 3.00. The van der Waals surface area contributed by atoms with Crippen LogP contribution in [-0.4, -0.2) is 30.6 Å². The van der Waals surface area contributed by atoms with E-state index in [0.717, 1.165) is 38.0 Å². The number of hydrogen-bond donors (Lipinski definition) is 1. The van der Waals surface area contributed by atoms with E-state index >= 15 is 0 Å². The van der Waals surface area contributed by atoms with Crippen LogP contribution in [0.3, 0.4) is 0 Å². The quantitative estimate of drug-likeness (QED) is 0.684. The van der Waals surface area contributed by atoms with Crippen molar-refractivity contribution in [1.29, 1.82) is 0 Å². The van der Waals surface area contributed by atoms with Gasteiger partial charge in [-0.3, -0.25) is 4.90 Å². The van der Waals surface area contributed by atoms with Crippen LogP contribution in [0.2, 0.25) is 0 Å². The molecule has 1 aliphatic rings. The lowest BCUT2D eigenvalue weighted by molar-refractivity contribution is 0.234. The van der Waals surface area contributed by atoms with E-state index in [-0.39, 0.29) is 0 Å². The van der Waals surface area contributed by atoms with Crippen molar-refractivity contribution in [3.8, 4) is 0 Å². The second-order valence-corrected chi connectivity index (χ2v) is 4.53. The van der Waals surface area contributed by atoms with E-state index in [1.807, 2.05) is 6.07 Å². The SMILES string of the molecule is CCCNCCN(Cc1ccco1)C1CC1. The lowest BCUT2D eigenvalue weighted by Crippen LogP contribution is -2.33. The van der Waals surface area contributed by atoms with E-state index in [9.17, 15) is 0 Å². The molecule has 0 amide bonds. The van der Waals surface area contributed by atoms with Gasteiger partial charge in [0, 0.05) is 19.1 Å². The van der Waals surface area contributed by atoms with Crippen LogP contribution in [0.4, 0.5) is 0 Å². The van der Waals surface area contributed by atoms with E-state index in [4.69, 9.17) is 4.42 Å². The first-order valence-corrected chi connectivity index (χ1v) is 6.37. The highest BCUT2D eigenvalue weighted by atomic mass is 16.3. The summed E-state index contributed by atoms with van der Waals surface area (Å²) in [7, 11) is 0. The molecule has 0 saturated heterocycles. The average Bonchev–Trinajstić information content (AvgIpc) is 3.02. The van der Waals surface area contributed by atoms with E-state index in [1.54, 1.807) is 6.26 Å². The van der Waals surface area contributed by atoms with Gasteiger partial charge in [-0.05, 0) is 37.9 Å². The van der Waals surface area contributed by atoms with Crippen LogP contribution in [-0.2, 0) is 6.54 Å². The lowest BCUT2D eigenvalue weighted by Gasteiger charge is -2.20. The summed E-state index contributed by atoms with van der Waals surface area (Å²) in [6.07, 6.45) is 5.68. The summed E-state index contributed by atoms with van der Waals surface area (Å²) < 4.78 is 5.41. The zero-order chi connectivity index (χ0) is 11.2. The highest BCUT2D eigenvalue weighted by molar-refractivity contribution is 4.99. The molecule has 3 nitrogen and oxygen atoms in total. The van der Waals surface area contributed by atoms with Crippen molar-refractivity contribution < 1.29 is 4.42 Å². The zero-order valence-electron chi connectivity index (χ0n) is 10.1. The Morgan fingerprint density at radius 1 is 1.44 bits per heavy atom. The molecule has 90 valence electrons. The topological polar surface area (TPSA) is 28.4 Å². The third-order valence-corrected chi connectivity index (χ3v) is 3.00. The molecular formula is C13H22N2O. The van der Waals surface area contributed by atoms with Crippen molar-refractivity contribution in [1.82, 2.24) is 10.2 Å². The Morgan fingerprint density at radius 2 is 2.31 bits per heavy atom. The first-order valence-electron chi connectivity index (χ1n) is 6.37. The lowest BCUT2D eigenvalue weighted by atomic mass is 10.3. The maximum absolute atomic E-state index is 5.41. The van der Waals surface area contributed by atoms with E-state index in [1.165, 1.54) is 19.3 Å².